The number of hydrogen-bond acceptors (Lipinski definition) is 0. The number of rotatable bonds is 1. The van der Waals surface area contributed by atoms with Crippen LogP contribution in [0.1, 0.15) is 18.1 Å². The van der Waals surface area contributed by atoms with Gasteiger partial charge in [0.05, 0.1) is 0 Å². The zero-order valence-electron chi connectivity index (χ0n) is 10.6. The lowest BCUT2D eigenvalue weighted by Gasteiger charge is -2.00. The first kappa shape index (κ1) is 10.4. The summed E-state index contributed by atoms with van der Waals surface area (Å²) in [4.78, 5) is 0. The van der Waals surface area contributed by atoms with E-state index in [1.54, 1.807) is 0 Å². The predicted octanol–water partition coefficient (Wildman–Crippen LogP) is 4.20. The second-order valence-corrected chi connectivity index (χ2v) is 4.78. The molecule has 3 rings (SSSR count). The van der Waals surface area contributed by atoms with Crippen LogP contribution in [-0.2, 0) is 13.5 Å². The Labute approximate surface area is 102 Å². The largest absolute Gasteiger partial charge is 0.344 e. The Hall–Kier alpha value is -1.76. The van der Waals surface area contributed by atoms with E-state index >= 15 is 0 Å². The summed E-state index contributed by atoms with van der Waals surface area (Å²) in [7, 11) is 2.16. The summed E-state index contributed by atoms with van der Waals surface area (Å²) in [6.07, 6.45) is 1.09. The highest BCUT2D eigenvalue weighted by atomic mass is 14.9. The summed E-state index contributed by atoms with van der Waals surface area (Å²) in [5, 5.41) is 2.72. The molecule has 0 unspecified atom stereocenters. The van der Waals surface area contributed by atoms with Crippen LogP contribution in [0.4, 0.5) is 0 Å². The van der Waals surface area contributed by atoms with Gasteiger partial charge in [-0.3, -0.25) is 0 Å². The van der Waals surface area contributed by atoms with Crippen LogP contribution in [0.25, 0.3) is 21.8 Å². The Morgan fingerprint density at radius 2 is 1.59 bits per heavy atom. The van der Waals surface area contributed by atoms with E-state index in [2.05, 4.69) is 61.9 Å². The van der Waals surface area contributed by atoms with Gasteiger partial charge in [-0.25, -0.2) is 0 Å². The van der Waals surface area contributed by atoms with Gasteiger partial charge in [0, 0.05) is 28.9 Å². The molecule has 0 saturated carbocycles. The van der Waals surface area contributed by atoms with Crippen LogP contribution in [0.2, 0.25) is 0 Å². The van der Waals surface area contributed by atoms with Gasteiger partial charge >= 0.3 is 0 Å². The summed E-state index contributed by atoms with van der Waals surface area (Å²) >= 11 is 0. The van der Waals surface area contributed by atoms with E-state index in [0.29, 0.717) is 0 Å². The first-order chi connectivity index (χ1) is 8.20. The highest BCUT2D eigenvalue weighted by Crippen LogP contribution is 2.29. The van der Waals surface area contributed by atoms with Crippen molar-refractivity contribution in [2.75, 3.05) is 0 Å². The summed E-state index contributed by atoms with van der Waals surface area (Å²) in [6, 6.07) is 13.5. The summed E-state index contributed by atoms with van der Waals surface area (Å²) < 4.78 is 2.30. The van der Waals surface area contributed by atoms with Gasteiger partial charge in [-0.1, -0.05) is 31.2 Å². The molecule has 0 saturated heterocycles. The highest BCUT2D eigenvalue weighted by molar-refractivity contribution is 6.08. The van der Waals surface area contributed by atoms with Gasteiger partial charge < -0.3 is 4.57 Å². The maximum absolute atomic E-state index is 2.31. The lowest BCUT2D eigenvalue weighted by Crippen LogP contribution is -1.88. The van der Waals surface area contributed by atoms with Gasteiger partial charge in [-0.2, -0.15) is 0 Å². The Morgan fingerprint density at radius 1 is 0.941 bits per heavy atom. The summed E-state index contributed by atoms with van der Waals surface area (Å²) in [5.74, 6) is 0. The number of aryl methyl sites for hydroxylation is 3. The molecule has 1 aromatic heterocycles. The van der Waals surface area contributed by atoms with Crippen LogP contribution < -0.4 is 0 Å². The highest BCUT2D eigenvalue weighted by Gasteiger charge is 2.08. The molecule has 1 heterocycles. The van der Waals surface area contributed by atoms with Crippen molar-refractivity contribution in [3.05, 3.63) is 47.5 Å². The minimum absolute atomic E-state index is 1.09. The molecule has 0 amide bonds. The van der Waals surface area contributed by atoms with Crippen molar-refractivity contribution in [1.82, 2.24) is 4.57 Å². The molecule has 17 heavy (non-hydrogen) atoms. The average molecular weight is 223 g/mol. The molecule has 0 N–H and O–H groups in total. The quantitative estimate of drug-likeness (QED) is 0.582. The fourth-order valence-corrected chi connectivity index (χ4v) is 2.58. The Kier molecular flexibility index (Phi) is 2.22. The second kappa shape index (κ2) is 3.63. The van der Waals surface area contributed by atoms with Crippen molar-refractivity contribution < 1.29 is 0 Å². The van der Waals surface area contributed by atoms with Crippen LogP contribution in [0.15, 0.2) is 36.4 Å². The Morgan fingerprint density at radius 3 is 2.29 bits per heavy atom. The molecule has 0 spiro atoms. The van der Waals surface area contributed by atoms with E-state index in [1.165, 1.54) is 32.9 Å². The molecule has 86 valence electrons. The topological polar surface area (TPSA) is 4.93 Å². The molecule has 1 heteroatoms. The first-order valence-electron chi connectivity index (χ1n) is 6.18. The molecule has 0 aliphatic heterocycles. The van der Waals surface area contributed by atoms with Crippen LogP contribution in [0, 0.1) is 6.92 Å². The maximum Gasteiger partial charge on any atom is 0.0491 e. The van der Waals surface area contributed by atoms with Gasteiger partial charge in [0.2, 0.25) is 0 Å². The third-order valence-corrected chi connectivity index (χ3v) is 3.64. The zero-order chi connectivity index (χ0) is 12.0. The van der Waals surface area contributed by atoms with Crippen molar-refractivity contribution in [3.8, 4) is 0 Å². The van der Waals surface area contributed by atoms with Gasteiger partial charge in [-0.15, -0.1) is 0 Å². The van der Waals surface area contributed by atoms with E-state index in [9.17, 15) is 0 Å². The number of hydrogen-bond donors (Lipinski definition) is 0. The van der Waals surface area contributed by atoms with E-state index in [4.69, 9.17) is 0 Å². The van der Waals surface area contributed by atoms with Crippen LogP contribution in [0.3, 0.4) is 0 Å². The van der Waals surface area contributed by atoms with Crippen LogP contribution >= 0.6 is 0 Å². The Bertz CT molecular complexity index is 704. The molecule has 0 radical (unpaired) electrons. The van der Waals surface area contributed by atoms with Crippen LogP contribution in [0.5, 0.6) is 0 Å². The molecular weight excluding hydrogens is 206 g/mol. The lowest BCUT2D eigenvalue weighted by molar-refractivity contribution is 1.01. The van der Waals surface area contributed by atoms with Crippen molar-refractivity contribution in [2.24, 2.45) is 7.05 Å². The smallest absolute Gasteiger partial charge is 0.0491 e. The standard InChI is InChI=1S/C16H17N/c1-4-12-6-8-14-13-7-5-11(2)9-15(13)17(3)16(14)10-12/h5-10H,4H2,1-3H3. The predicted molar refractivity (Wildman–Crippen MR) is 74.5 cm³/mol. The molecule has 0 atom stereocenters. The summed E-state index contributed by atoms with van der Waals surface area (Å²) in [5.41, 5.74) is 5.39. The van der Waals surface area contributed by atoms with Crippen molar-refractivity contribution in [2.45, 2.75) is 20.3 Å². The van der Waals surface area contributed by atoms with Crippen molar-refractivity contribution >= 4 is 21.8 Å². The van der Waals surface area contributed by atoms with E-state index in [-0.39, 0.29) is 0 Å². The average Bonchev–Trinajstić information content (AvgIpc) is 2.62. The number of benzene rings is 2. The van der Waals surface area contributed by atoms with Gasteiger partial charge in [0.15, 0.2) is 0 Å². The normalized spacial score (nSPS) is 11.5. The van der Waals surface area contributed by atoms with E-state index in [0.717, 1.165) is 6.42 Å². The van der Waals surface area contributed by atoms with E-state index in [1.807, 2.05) is 0 Å². The molecule has 0 fully saturated rings. The van der Waals surface area contributed by atoms with Gasteiger partial charge in [0.25, 0.3) is 0 Å². The molecule has 0 bridgehead atoms. The molecule has 1 nitrogen and oxygen atoms in total. The fraction of sp³-hybridized carbons (Fsp3) is 0.250. The lowest BCUT2D eigenvalue weighted by atomic mass is 10.1. The number of nitrogens with zero attached hydrogens (tertiary/aromatic N) is 1. The SMILES string of the molecule is CCc1ccc2c3ccc(C)cc3n(C)c2c1. The third kappa shape index (κ3) is 1.46. The van der Waals surface area contributed by atoms with Gasteiger partial charge in [-0.05, 0) is 36.6 Å². The van der Waals surface area contributed by atoms with Crippen LogP contribution in [-0.4, -0.2) is 4.57 Å². The first-order valence-corrected chi connectivity index (χ1v) is 6.18. The zero-order valence-corrected chi connectivity index (χ0v) is 10.6. The fourth-order valence-electron chi connectivity index (χ4n) is 2.58. The number of aromatic nitrogens is 1. The third-order valence-electron chi connectivity index (χ3n) is 3.64. The monoisotopic (exact) mass is 223 g/mol. The molecule has 2 aromatic carbocycles. The minimum Gasteiger partial charge on any atom is -0.344 e. The van der Waals surface area contributed by atoms with Crippen molar-refractivity contribution in [1.29, 1.82) is 0 Å². The summed E-state index contributed by atoms with van der Waals surface area (Å²) in [6.45, 7) is 4.35. The second-order valence-electron chi connectivity index (χ2n) is 4.78. The Balaban J connectivity index is 2.48. The molecule has 0 aliphatic rings. The number of fused-ring (bicyclic) bond motifs is 3. The maximum atomic E-state index is 2.31. The molecule has 0 aliphatic carbocycles. The minimum atomic E-state index is 1.09. The van der Waals surface area contributed by atoms with E-state index < -0.39 is 0 Å². The van der Waals surface area contributed by atoms with Crippen molar-refractivity contribution in [3.63, 3.8) is 0 Å². The van der Waals surface area contributed by atoms with Gasteiger partial charge in [0.1, 0.15) is 0 Å². The molecular formula is C16H17N. The molecule has 3 aromatic rings.